The van der Waals surface area contributed by atoms with Gasteiger partial charge in [-0.1, -0.05) is 11.6 Å². The summed E-state index contributed by atoms with van der Waals surface area (Å²) < 4.78 is 4.75. The largest absolute Gasteiger partial charge is 0.478 e. The highest BCUT2D eigenvalue weighted by Gasteiger charge is 2.10. The van der Waals surface area contributed by atoms with Crippen molar-refractivity contribution in [1.29, 1.82) is 0 Å². The van der Waals surface area contributed by atoms with Crippen LogP contribution in [0.1, 0.15) is 16.2 Å². The monoisotopic (exact) mass is 202 g/mol. The van der Waals surface area contributed by atoms with E-state index in [1.165, 1.54) is 7.11 Å². The average molecular weight is 203 g/mol. The molecule has 0 amide bonds. The Labute approximate surface area is 79.3 Å². The Morgan fingerprint density at radius 3 is 2.92 bits per heavy atom. The fraction of sp³-hybridized carbons (Fsp3) is 0.286. The van der Waals surface area contributed by atoms with Crippen molar-refractivity contribution in [3.05, 3.63) is 22.7 Å². The number of aromatic carboxylic acids is 1. The highest BCUT2D eigenvalue weighted by atomic mass is 35.5. The zero-order chi connectivity index (χ0) is 9.84. The van der Waals surface area contributed by atoms with Gasteiger partial charge in [0.15, 0.2) is 5.82 Å². The van der Waals surface area contributed by atoms with Gasteiger partial charge in [-0.15, -0.1) is 0 Å². The van der Waals surface area contributed by atoms with Crippen LogP contribution in [0, 0.1) is 0 Å². The topological polar surface area (TPSA) is 72.3 Å². The minimum atomic E-state index is -1.14. The number of aromatic nitrogens is 2. The molecule has 1 aromatic rings. The van der Waals surface area contributed by atoms with E-state index in [0.29, 0.717) is 5.82 Å². The number of halogens is 1. The summed E-state index contributed by atoms with van der Waals surface area (Å²) in [5, 5.41) is 8.52. The number of nitrogens with zero attached hydrogens (tertiary/aromatic N) is 2. The summed E-state index contributed by atoms with van der Waals surface area (Å²) in [6.07, 6.45) is 1.16. The molecule has 0 aliphatic carbocycles. The normalized spacial score (nSPS) is 10.0. The number of hydrogen-bond acceptors (Lipinski definition) is 4. The van der Waals surface area contributed by atoms with Crippen LogP contribution < -0.4 is 0 Å². The van der Waals surface area contributed by atoms with Crippen molar-refractivity contribution in [2.24, 2.45) is 0 Å². The number of carboxylic acids is 1. The third kappa shape index (κ3) is 2.37. The number of rotatable bonds is 3. The van der Waals surface area contributed by atoms with Gasteiger partial charge in [-0.2, -0.15) is 0 Å². The highest BCUT2D eigenvalue weighted by molar-refractivity contribution is 6.32. The lowest BCUT2D eigenvalue weighted by molar-refractivity contribution is 0.0696. The summed E-state index contributed by atoms with van der Waals surface area (Å²) in [5.74, 6) is -0.786. The Bertz CT molecular complexity index is 330. The molecule has 5 nitrogen and oxygen atoms in total. The molecule has 0 atom stereocenters. The molecule has 0 fully saturated rings. The van der Waals surface area contributed by atoms with Crippen molar-refractivity contribution in [1.82, 2.24) is 9.97 Å². The van der Waals surface area contributed by atoms with Crippen LogP contribution in [0.3, 0.4) is 0 Å². The van der Waals surface area contributed by atoms with Gasteiger partial charge in [-0.05, 0) is 0 Å². The number of carbonyl (C=O) groups is 1. The third-order valence-electron chi connectivity index (χ3n) is 1.30. The Morgan fingerprint density at radius 2 is 2.46 bits per heavy atom. The van der Waals surface area contributed by atoms with Crippen LogP contribution in [0.5, 0.6) is 0 Å². The Hall–Kier alpha value is -1.20. The van der Waals surface area contributed by atoms with Crippen LogP contribution in [-0.4, -0.2) is 28.2 Å². The van der Waals surface area contributed by atoms with Crippen molar-refractivity contribution in [3.63, 3.8) is 0 Å². The number of hydrogen-bond donors (Lipinski definition) is 1. The number of ether oxygens (including phenoxy) is 1. The summed E-state index contributed by atoms with van der Waals surface area (Å²) in [6, 6.07) is 0. The van der Waals surface area contributed by atoms with E-state index in [4.69, 9.17) is 21.4 Å². The van der Waals surface area contributed by atoms with E-state index in [1.807, 2.05) is 0 Å². The van der Waals surface area contributed by atoms with Gasteiger partial charge in [-0.25, -0.2) is 14.8 Å². The van der Waals surface area contributed by atoms with Crippen LogP contribution in [-0.2, 0) is 11.3 Å². The predicted octanol–water partition coefficient (Wildman–Crippen LogP) is 0.975. The average Bonchev–Trinajstić information content (AvgIpc) is 2.04. The Kier molecular flexibility index (Phi) is 3.16. The smallest absolute Gasteiger partial charge is 0.340 e. The van der Waals surface area contributed by atoms with Gasteiger partial charge in [-0.3, -0.25) is 0 Å². The molecular weight excluding hydrogens is 196 g/mol. The van der Waals surface area contributed by atoms with Crippen molar-refractivity contribution < 1.29 is 14.6 Å². The molecule has 0 saturated carbocycles. The maximum absolute atomic E-state index is 10.5. The molecule has 1 heterocycles. The molecule has 6 heteroatoms. The Balaban J connectivity index is 2.98. The summed E-state index contributed by atoms with van der Waals surface area (Å²) >= 11 is 5.57. The molecule has 0 aromatic carbocycles. The molecule has 0 saturated heterocycles. The molecule has 0 aliphatic heterocycles. The lowest BCUT2D eigenvalue weighted by atomic mass is 10.3. The van der Waals surface area contributed by atoms with Gasteiger partial charge in [0.1, 0.15) is 17.3 Å². The molecule has 0 bridgehead atoms. The van der Waals surface area contributed by atoms with Crippen LogP contribution in [0.15, 0.2) is 6.20 Å². The number of methoxy groups -OCH3 is 1. The van der Waals surface area contributed by atoms with Crippen molar-refractivity contribution >= 4 is 17.6 Å². The zero-order valence-corrected chi connectivity index (χ0v) is 7.58. The molecule has 1 N–H and O–H groups in total. The quantitative estimate of drug-likeness (QED) is 0.740. The first-order valence-corrected chi connectivity index (χ1v) is 3.76. The van der Waals surface area contributed by atoms with Crippen molar-refractivity contribution in [2.45, 2.75) is 6.61 Å². The molecular formula is C7H7ClN2O3. The maximum atomic E-state index is 10.5. The summed E-state index contributed by atoms with van der Waals surface area (Å²) in [4.78, 5) is 18.0. The van der Waals surface area contributed by atoms with E-state index in [9.17, 15) is 4.79 Å². The first-order chi connectivity index (χ1) is 6.15. The van der Waals surface area contributed by atoms with Crippen molar-refractivity contribution in [2.75, 3.05) is 7.11 Å². The molecule has 0 aliphatic rings. The van der Waals surface area contributed by atoms with Gasteiger partial charge in [0.25, 0.3) is 0 Å². The minimum absolute atomic E-state index is 0.0745. The van der Waals surface area contributed by atoms with E-state index >= 15 is 0 Å². The lowest BCUT2D eigenvalue weighted by Gasteiger charge is -2.00. The molecule has 13 heavy (non-hydrogen) atoms. The fourth-order valence-electron chi connectivity index (χ4n) is 0.737. The summed E-state index contributed by atoms with van der Waals surface area (Å²) in [5.41, 5.74) is -0.110. The molecule has 1 rings (SSSR count). The molecule has 0 spiro atoms. The molecule has 0 unspecified atom stereocenters. The van der Waals surface area contributed by atoms with E-state index < -0.39 is 5.97 Å². The highest BCUT2D eigenvalue weighted by Crippen LogP contribution is 2.11. The summed E-state index contributed by atoms with van der Waals surface area (Å²) in [7, 11) is 1.49. The van der Waals surface area contributed by atoms with Gasteiger partial charge in [0.05, 0.1) is 0 Å². The van der Waals surface area contributed by atoms with Crippen molar-refractivity contribution in [3.8, 4) is 0 Å². The standard InChI is InChI=1S/C7H7ClN2O3/c1-13-3-5-9-2-4(7(11)12)6(8)10-5/h2H,3H2,1H3,(H,11,12). The second kappa shape index (κ2) is 4.15. The van der Waals surface area contributed by atoms with Crippen LogP contribution in [0.25, 0.3) is 0 Å². The first-order valence-electron chi connectivity index (χ1n) is 3.38. The second-order valence-corrected chi connectivity index (χ2v) is 2.59. The number of carboxylic acid groups (broad SMARTS) is 1. The lowest BCUT2D eigenvalue weighted by Crippen LogP contribution is -2.04. The van der Waals surface area contributed by atoms with Gasteiger partial charge in [0.2, 0.25) is 0 Å². The maximum Gasteiger partial charge on any atom is 0.340 e. The molecule has 70 valence electrons. The van der Waals surface area contributed by atoms with E-state index in [2.05, 4.69) is 9.97 Å². The van der Waals surface area contributed by atoms with E-state index in [-0.39, 0.29) is 17.3 Å². The third-order valence-corrected chi connectivity index (χ3v) is 1.58. The Morgan fingerprint density at radius 1 is 1.77 bits per heavy atom. The van der Waals surface area contributed by atoms with Crippen LogP contribution >= 0.6 is 11.6 Å². The van der Waals surface area contributed by atoms with Gasteiger partial charge >= 0.3 is 5.97 Å². The first kappa shape index (κ1) is 9.88. The summed E-state index contributed by atoms with van der Waals surface area (Å²) in [6.45, 7) is 0.208. The minimum Gasteiger partial charge on any atom is -0.478 e. The molecule has 1 aromatic heterocycles. The zero-order valence-electron chi connectivity index (χ0n) is 6.82. The van der Waals surface area contributed by atoms with Crippen LogP contribution in [0.2, 0.25) is 5.15 Å². The predicted molar refractivity (Wildman–Crippen MR) is 44.7 cm³/mol. The molecule has 0 radical (unpaired) electrons. The SMILES string of the molecule is COCc1ncc(C(=O)O)c(Cl)n1. The van der Waals surface area contributed by atoms with E-state index in [1.54, 1.807) is 0 Å². The second-order valence-electron chi connectivity index (χ2n) is 2.23. The fourth-order valence-corrected chi connectivity index (χ4v) is 0.964. The van der Waals surface area contributed by atoms with Gasteiger partial charge < -0.3 is 9.84 Å². The van der Waals surface area contributed by atoms with Crippen LogP contribution in [0.4, 0.5) is 0 Å². The van der Waals surface area contributed by atoms with E-state index in [0.717, 1.165) is 6.20 Å². The van der Waals surface area contributed by atoms with Gasteiger partial charge in [0, 0.05) is 13.3 Å².